The first-order valence-electron chi connectivity index (χ1n) is 6.09. The highest BCUT2D eigenvalue weighted by molar-refractivity contribution is 5.94. The van der Waals surface area contributed by atoms with Crippen LogP contribution in [0.4, 0.5) is 13.2 Å². The maximum absolute atomic E-state index is 12.1. The van der Waals surface area contributed by atoms with Crippen LogP contribution in [0.25, 0.3) is 0 Å². The maximum Gasteiger partial charge on any atom is 0.422 e. The van der Waals surface area contributed by atoms with Gasteiger partial charge in [-0.25, -0.2) is 4.98 Å². The molecule has 2 N–H and O–H groups in total. The van der Waals surface area contributed by atoms with Crippen molar-refractivity contribution in [2.24, 2.45) is 5.92 Å². The van der Waals surface area contributed by atoms with E-state index in [0.717, 1.165) is 13.1 Å². The molecule has 20 heavy (non-hydrogen) atoms. The molecule has 1 saturated heterocycles. The van der Waals surface area contributed by atoms with Crippen molar-refractivity contribution < 1.29 is 22.7 Å². The molecule has 0 aliphatic carbocycles. The Bertz CT molecular complexity index is 475. The van der Waals surface area contributed by atoms with Gasteiger partial charge in [0.05, 0.1) is 0 Å². The number of nitrogens with zero attached hydrogens (tertiary/aromatic N) is 1. The summed E-state index contributed by atoms with van der Waals surface area (Å²) in [5.74, 6) is -0.356. The third-order valence-electron chi connectivity index (χ3n) is 2.79. The first kappa shape index (κ1) is 14.6. The van der Waals surface area contributed by atoms with Crippen molar-refractivity contribution in [2.45, 2.75) is 6.18 Å². The number of nitrogens with one attached hydrogen (secondary N) is 2. The second-order valence-electron chi connectivity index (χ2n) is 4.49. The highest BCUT2D eigenvalue weighted by atomic mass is 19.4. The molecule has 0 radical (unpaired) electrons. The fraction of sp³-hybridized carbons (Fsp3) is 0.500. The van der Waals surface area contributed by atoms with E-state index in [1.165, 1.54) is 18.3 Å². The molecular formula is C12H14F3N3O2. The first-order chi connectivity index (χ1) is 9.46. The van der Waals surface area contributed by atoms with Crippen LogP contribution in [0.5, 0.6) is 5.75 Å². The van der Waals surface area contributed by atoms with Gasteiger partial charge in [-0.3, -0.25) is 4.79 Å². The molecule has 1 amide bonds. The summed E-state index contributed by atoms with van der Waals surface area (Å²) in [5.41, 5.74) is -0.135. The number of hydrogen-bond acceptors (Lipinski definition) is 4. The van der Waals surface area contributed by atoms with Gasteiger partial charge in [-0.2, -0.15) is 13.2 Å². The van der Waals surface area contributed by atoms with E-state index in [1.54, 1.807) is 0 Å². The van der Waals surface area contributed by atoms with Gasteiger partial charge in [0, 0.05) is 31.7 Å². The number of ether oxygens (including phenoxy) is 1. The van der Waals surface area contributed by atoms with Crippen LogP contribution in [0.15, 0.2) is 18.3 Å². The van der Waals surface area contributed by atoms with Gasteiger partial charge in [0.25, 0.3) is 5.91 Å². The van der Waals surface area contributed by atoms with Gasteiger partial charge in [-0.1, -0.05) is 0 Å². The molecule has 0 unspecified atom stereocenters. The monoisotopic (exact) mass is 289 g/mol. The van der Waals surface area contributed by atoms with Crippen LogP contribution >= 0.6 is 0 Å². The number of carbonyl (C=O) groups excluding carboxylic acids is 1. The fourth-order valence-electron chi connectivity index (χ4n) is 1.65. The minimum absolute atomic E-state index is 0.135. The van der Waals surface area contributed by atoms with Crippen LogP contribution in [0, 0.1) is 5.92 Å². The largest absolute Gasteiger partial charge is 0.482 e. The maximum atomic E-state index is 12.1. The molecule has 1 fully saturated rings. The van der Waals surface area contributed by atoms with Crippen LogP contribution in [0.2, 0.25) is 0 Å². The van der Waals surface area contributed by atoms with Crippen molar-refractivity contribution in [3.63, 3.8) is 0 Å². The van der Waals surface area contributed by atoms with Crippen LogP contribution < -0.4 is 15.4 Å². The van der Waals surface area contributed by atoms with Crippen LogP contribution in [0.1, 0.15) is 10.5 Å². The van der Waals surface area contributed by atoms with Gasteiger partial charge in [0.2, 0.25) is 0 Å². The summed E-state index contributed by atoms with van der Waals surface area (Å²) in [6.07, 6.45) is -3.12. The molecule has 0 aromatic carbocycles. The van der Waals surface area contributed by atoms with Crippen LogP contribution in [-0.2, 0) is 0 Å². The summed E-state index contributed by atoms with van der Waals surface area (Å²) >= 11 is 0. The topological polar surface area (TPSA) is 63.2 Å². The highest BCUT2D eigenvalue weighted by Crippen LogP contribution is 2.20. The number of hydrogen-bond donors (Lipinski definition) is 2. The number of carbonyl (C=O) groups is 1. The number of amides is 1. The molecule has 1 aromatic heterocycles. The summed E-state index contributed by atoms with van der Waals surface area (Å²) in [6.45, 7) is 0.645. The lowest BCUT2D eigenvalue weighted by molar-refractivity contribution is -0.153. The van der Waals surface area contributed by atoms with E-state index in [9.17, 15) is 18.0 Å². The zero-order valence-electron chi connectivity index (χ0n) is 10.5. The number of pyridine rings is 1. The quantitative estimate of drug-likeness (QED) is 0.848. The SMILES string of the molecule is O=C(NCC1CNC1)c1ncccc1OCC(F)(F)F. The van der Waals surface area contributed by atoms with Gasteiger partial charge >= 0.3 is 6.18 Å². The molecule has 0 spiro atoms. The number of alkyl halides is 3. The minimum atomic E-state index is -4.46. The lowest BCUT2D eigenvalue weighted by atomic mass is 10.0. The normalized spacial score (nSPS) is 15.6. The molecular weight excluding hydrogens is 275 g/mol. The number of halogens is 3. The second kappa shape index (κ2) is 6.08. The van der Waals surface area contributed by atoms with Crippen molar-refractivity contribution in [2.75, 3.05) is 26.2 Å². The molecule has 0 saturated carbocycles. The Balaban J connectivity index is 1.96. The second-order valence-corrected chi connectivity index (χ2v) is 4.49. The van der Waals surface area contributed by atoms with E-state index < -0.39 is 18.7 Å². The average molecular weight is 289 g/mol. The van der Waals surface area contributed by atoms with E-state index in [1.807, 2.05) is 0 Å². The molecule has 1 aliphatic rings. The van der Waals surface area contributed by atoms with E-state index in [2.05, 4.69) is 20.4 Å². The van der Waals surface area contributed by atoms with Gasteiger partial charge in [-0.15, -0.1) is 0 Å². The lowest BCUT2D eigenvalue weighted by Crippen LogP contribution is -2.48. The molecule has 1 aromatic rings. The Kier molecular flexibility index (Phi) is 4.43. The molecule has 5 nitrogen and oxygen atoms in total. The number of aromatic nitrogens is 1. The predicted molar refractivity (Wildman–Crippen MR) is 64.5 cm³/mol. The van der Waals surface area contributed by atoms with Crippen molar-refractivity contribution in [1.82, 2.24) is 15.6 Å². The van der Waals surface area contributed by atoms with Crippen molar-refractivity contribution in [3.8, 4) is 5.75 Å². The molecule has 2 heterocycles. The third kappa shape index (κ3) is 4.09. The zero-order chi connectivity index (χ0) is 14.6. The Hall–Kier alpha value is -1.83. The summed E-state index contributed by atoms with van der Waals surface area (Å²) in [4.78, 5) is 15.7. The molecule has 0 atom stereocenters. The third-order valence-corrected chi connectivity index (χ3v) is 2.79. The predicted octanol–water partition coefficient (Wildman–Crippen LogP) is 0.972. The van der Waals surface area contributed by atoms with Crippen LogP contribution in [0.3, 0.4) is 0 Å². The summed E-state index contributed by atoms with van der Waals surface area (Å²) in [7, 11) is 0. The van der Waals surface area contributed by atoms with Gasteiger partial charge in [0.1, 0.15) is 0 Å². The molecule has 110 valence electrons. The summed E-state index contributed by atoms with van der Waals surface area (Å²) in [6, 6.07) is 2.71. The Morgan fingerprint density at radius 3 is 2.85 bits per heavy atom. The zero-order valence-corrected chi connectivity index (χ0v) is 10.5. The van der Waals surface area contributed by atoms with E-state index >= 15 is 0 Å². The molecule has 1 aliphatic heterocycles. The van der Waals surface area contributed by atoms with E-state index in [4.69, 9.17) is 0 Å². The minimum Gasteiger partial charge on any atom is -0.482 e. The Labute approximate surface area is 113 Å². The van der Waals surface area contributed by atoms with E-state index in [0.29, 0.717) is 12.5 Å². The van der Waals surface area contributed by atoms with Crippen molar-refractivity contribution >= 4 is 5.91 Å². The smallest absolute Gasteiger partial charge is 0.422 e. The molecule has 0 bridgehead atoms. The fourth-order valence-corrected chi connectivity index (χ4v) is 1.65. The van der Waals surface area contributed by atoms with Gasteiger partial charge < -0.3 is 15.4 Å². The summed E-state index contributed by atoms with van der Waals surface area (Å²) in [5, 5.41) is 5.69. The van der Waals surface area contributed by atoms with Crippen LogP contribution in [-0.4, -0.2) is 43.3 Å². The first-order valence-corrected chi connectivity index (χ1v) is 6.09. The lowest BCUT2D eigenvalue weighted by Gasteiger charge is -2.27. The van der Waals surface area contributed by atoms with Gasteiger partial charge in [-0.05, 0) is 12.1 Å². The standard InChI is InChI=1S/C12H14F3N3O2/c13-12(14,15)7-20-9-2-1-3-17-10(9)11(19)18-6-8-4-16-5-8/h1-3,8,16H,4-7H2,(H,18,19). The average Bonchev–Trinajstić information content (AvgIpc) is 2.34. The van der Waals surface area contributed by atoms with Gasteiger partial charge in [0.15, 0.2) is 18.1 Å². The van der Waals surface area contributed by atoms with E-state index in [-0.39, 0.29) is 11.4 Å². The molecule has 8 heteroatoms. The van der Waals surface area contributed by atoms with Crippen molar-refractivity contribution in [1.29, 1.82) is 0 Å². The molecule has 2 rings (SSSR count). The van der Waals surface area contributed by atoms with Crippen molar-refractivity contribution in [3.05, 3.63) is 24.0 Å². The number of rotatable bonds is 5. The Morgan fingerprint density at radius 1 is 1.50 bits per heavy atom. The highest BCUT2D eigenvalue weighted by Gasteiger charge is 2.29. The Morgan fingerprint density at radius 2 is 2.25 bits per heavy atom. The summed E-state index contributed by atoms with van der Waals surface area (Å²) < 4.78 is 41.0.